The molecular formula is C41H32IrN5O-5. The zero-order valence-electron chi connectivity index (χ0n) is 26.5. The van der Waals surface area contributed by atoms with E-state index in [1.807, 2.05) is 175 Å². The van der Waals surface area contributed by atoms with Crippen LogP contribution in [0.1, 0.15) is 0 Å². The Labute approximate surface area is 295 Å². The number of pyridine rings is 1. The van der Waals surface area contributed by atoms with Gasteiger partial charge in [0.05, 0.1) is 0 Å². The standard InChI is InChI=1S/C16H12N2O.C15H10N.C10H10N2.Ir/c1-17-9-10-18(11-17)14-7-4-6-13-12-5-2-3-8-15(12)19-16(13)14;1-2-7-13(8-3-1)15-14-9-5-4-6-12(14)10-11-16-15;1-11-7-8-12(9-11)10-5-3-2-4-6-10;/h2-6,8-11H,1H3;1-7,9-11H;2-5,7-9H,1H3;/q-2;-1;-2;. The summed E-state index contributed by atoms with van der Waals surface area (Å²) in [4.78, 5) is 12.5. The largest absolute Gasteiger partial charge is 0.514 e. The van der Waals surface area contributed by atoms with Crippen LogP contribution < -0.4 is 9.80 Å². The zero-order chi connectivity index (χ0) is 32.0. The van der Waals surface area contributed by atoms with Crippen molar-refractivity contribution in [1.82, 2.24) is 14.8 Å². The minimum absolute atomic E-state index is 0. The molecule has 0 unspecified atom stereocenters. The van der Waals surface area contributed by atoms with Crippen LogP contribution >= 0.6 is 0 Å². The Balaban J connectivity index is 0.000000127. The van der Waals surface area contributed by atoms with Gasteiger partial charge in [-0.3, -0.25) is 0 Å². The average molecular weight is 803 g/mol. The number of anilines is 2. The van der Waals surface area contributed by atoms with Gasteiger partial charge in [-0.25, -0.2) is 0 Å². The molecule has 2 aromatic heterocycles. The Kier molecular flexibility index (Phi) is 10.2. The van der Waals surface area contributed by atoms with E-state index in [4.69, 9.17) is 4.42 Å². The van der Waals surface area contributed by atoms with Gasteiger partial charge in [-0.05, 0) is 67.5 Å². The van der Waals surface area contributed by atoms with Crippen molar-refractivity contribution in [2.24, 2.45) is 0 Å². The minimum atomic E-state index is 0. The van der Waals surface area contributed by atoms with Gasteiger partial charge in [-0.1, -0.05) is 53.5 Å². The van der Waals surface area contributed by atoms with E-state index in [1.54, 1.807) is 0 Å². The molecule has 0 saturated carbocycles. The summed E-state index contributed by atoms with van der Waals surface area (Å²) in [6, 6.07) is 47.9. The number of hydrogen-bond donors (Lipinski definition) is 0. The van der Waals surface area contributed by atoms with E-state index in [0.29, 0.717) is 0 Å². The SMILES string of the molecule is CN1C=CN(c2[c-]ccc3c2oc2ccccc23)[CH-]1.CN1C=CN(c2[c-]cccc2)[CH-]1.[Ir].[c-]1ccccc1-c1nccc2ccccc12. The number of nitrogens with zero attached hydrogens (tertiary/aromatic N) is 5. The molecular weight excluding hydrogens is 771 g/mol. The number of hydrogen-bond acceptors (Lipinski definition) is 6. The molecule has 0 spiro atoms. The first-order valence-electron chi connectivity index (χ1n) is 15.3. The summed E-state index contributed by atoms with van der Waals surface area (Å²) < 4.78 is 5.99. The Hall–Kier alpha value is -5.36. The van der Waals surface area contributed by atoms with Crippen LogP contribution in [0.5, 0.6) is 0 Å². The number of furan rings is 1. The molecule has 4 heterocycles. The molecule has 241 valence electrons. The van der Waals surface area contributed by atoms with Gasteiger partial charge in [0.15, 0.2) is 0 Å². The molecule has 0 saturated heterocycles. The molecule has 0 aliphatic carbocycles. The van der Waals surface area contributed by atoms with Crippen LogP contribution in [0.4, 0.5) is 11.4 Å². The second kappa shape index (κ2) is 15.0. The second-order valence-electron chi connectivity index (χ2n) is 11.0. The summed E-state index contributed by atoms with van der Waals surface area (Å²) in [7, 11) is 3.99. The molecule has 2 aliphatic rings. The molecule has 6 nitrogen and oxygen atoms in total. The molecule has 0 amide bonds. The second-order valence-corrected chi connectivity index (χ2v) is 11.0. The van der Waals surface area contributed by atoms with Crippen molar-refractivity contribution in [3.63, 3.8) is 0 Å². The van der Waals surface area contributed by atoms with E-state index in [1.165, 1.54) is 10.8 Å². The molecule has 48 heavy (non-hydrogen) atoms. The normalized spacial score (nSPS) is 13.4. The number of aromatic nitrogens is 1. The Morgan fingerprint density at radius 2 is 1.29 bits per heavy atom. The molecule has 0 atom stereocenters. The first-order valence-corrected chi connectivity index (χ1v) is 15.3. The number of rotatable bonds is 3. The fourth-order valence-corrected chi connectivity index (χ4v) is 5.46. The smallest absolute Gasteiger partial charge is 0.116 e. The van der Waals surface area contributed by atoms with Gasteiger partial charge >= 0.3 is 0 Å². The Morgan fingerprint density at radius 1 is 0.604 bits per heavy atom. The van der Waals surface area contributed by atoms with E-state index in [0.717, 1.165) is 44.6 Å². The van der Waals surface area contributed by atoms with Crippen LogP contribution in [-0.4, -0.2) is 28.9 Å². The number of benzene rings is 5. The van der Waals surface area contributed by atoms with Crippen LogP contribution in [0, 0.1) is 31.5 Å². The van der Waals surface area contributed by atoms with Crippen molar-refractivity contribution in [1.29, 1.82) is 0 Å². The monoisotopic (exact) mass is 803 g/mol. The molecule has 7 aromatic rings. The maximum Gasteiger partial charge on any atom is 0.116 e. The topological polar surface area (TPSA) is 39.0 Å². The predicted molar refractivity (Wildman–Crippen MR) is 191 cm³/mol. The van der Waals surface area contributed by atoms with Crippen LogP contribution in [-0.2, 0) is 20.1 Å². The average Bonchev–Trinajstić information content (AvgIpc) is 3.87. The molecule has 9 rings (SSSR count). The van der Waals surface area contributed by atoms with Crippen molar-refractivity contribution in [2.45, 2.75) is 0 Å². The van der Waals surface area contributed by atoms with Crippen LogP contribution in [0.25, 0.3) is 44.0 Å². The van der Waals surface area contributed by atoms with Crippen molar-refractivity contribution >= 4 is 44.1 Å². The van der Waals surface area contributed by atoms with E-state index >= 15 is 0 Å². The van der Waals surface area contributed by atoms with Crippen LogP contribution in [0.2, 0.25) is 0 Å². The van der Waals surface area contributed by atoms with Gasteiger partial charge in [-0.2, -0.15) is 61.9 Å². The maximum atomic E-state index is 5.99. The first-order chi connectivity index (χ1) is 23.1. The summed E-state index contributed by atoms with van der Waals surface area (Å²) >= 11 is 0. The Bertz CT molecular complexity index is 2160. The van der Waals surface area contributed by atoms with E-state index < -0.39 is 0 Å². The van der Waals surface area contributed by atoms with E-state index in [9.17, 15) is 0 Å². The molecule has 0 fully saturated rings. The van der Waals surface area contributed by atoms with Gasteiger partial charge in [0, 0.05) is 37.3 Å². The summed E-state index contributed by atoms with van der Waals surface area (Å²) in [5.74, 6) is 0. The number of fused-ring (bicyclic) bond motifs is 4. The predicted octanol–water partition coefficient (Wildman–Crippen LogP) is 9.26. The first kappa shape index (κ1) is 32.6. The quantitative estimate of drug-likeness (QED) is 0.166. The zero-order valence-corrected chi connectivity index (χ0v) is 28.9. The summed E-state index contributed by atoms with van der Waals surface area (Å²) in [5, 5.41) is 4.65. The summed E-state index contributed by atoms with van der Waals surface area (Å²) in [6.07, 6.45) is 9.85. The van der Waals surface area contributed by atoms with Gasteiger partial charge in [0.2, 0.25) is 0 Å². The van der Waals surface area contributed by atoms with Crippen molar-refractivity contribution in [3.05, 3.63) is 178 Å². The van der Waals surface area contributed by atoms with Gasteiger partial charge in [-0.15, -0.1) is 41.6 Å². The van der Waals surface area contributed by atoms with Gasteiger partial charge in [0.25, 0.3) is 0 Å². The molecule has 0 bridgehead atoms. The molecule has 7 heteroatoms. The van der Waals surface area contributed by atoms with Gasteiger partial charge in [0.1, 0.15) is 5.58 Å². The molecule has 1 radical (unpaired) electrons. The fourth-order valence-electron chi connectivity index (χ4n) is 5.46. The summed E-state index contributed by atoms with van der Waals surface area (Å²) in [6.45, 7) is 4.00. The summed E-state index contributed by atoms with van der Waals surface area (Å²) in [5.41, 5.74) is 5.83. The van der Waals surface area contributed by atoms with Crippen molar-refractivity contribution < 1.29 is 24.5 Å². The van der Waals surface area contributed by atoms with Crippen LogP contribution in [0.3, 0.4) is 0 Å². The van der Waals surface area contributed by atoms with E-state index in [-0.39, 0.29) is 20.1 Å². The minimum Gasteiger partial charge on any atom is -0.514 e. The van der Waals surface area contributed by atoms with E-state index in [2.05, 4.69) is 41.4 Å². The molecule has 0 N–H and O–H groups in total. The van der Waals surface area contributed by atoms with Crippen LogP contribution in [0.15, 0.2) is 151 Å². The molecule has 2 aliphatic heterocycles. The third kappa shape index (κ3) is 7.13. The van der Waals surface area contributed by atoms with Crippen molar-refractivity contribution in [3.8, 4) is 11.3 Å². The van der Waals surface area contributed by atoms with Crippen molar-refractivity contribution in [2.75, 3.05) is 23.9 Å². The Morgan fingerprint density at radius 3 is 2.00 bits per heavy atom. The third-order valence-corrected chi connectivity index (χ3v) is 7.72. The van der Waals surface area contributed by atoms with Gasteiger partial charge < -0.3 is 29.0 Å². The maximum absolute atomic E-state index is 5.99. The third-order valence-electron chi connectivity index (χ3n) is 7.72. The molecule has 5 aromatic carbocycles. The number of para-hydroxylation sites is 2. The fraction of sp³-hybridized carbons (Fsp3) is 0.0488.